The number of alkyl halides is 1. The van der Waals surface area contributed by atoms with E-state index < -0.39 is 5.38 Å². The fraction of sp³-hybridized carbons (Fsp3) is 0.308. The topological polar surface area (TPSA) is 20.3 Å². The maximum atomic E-state index is 12.0. The number of carbonyl (C=O) groups is 1. The van der Waals surface area contributed by atoms with Gasteiger partial charge in [-0.3, -0.25) is 4.79 Å². The summed E-state index contributed by atoms with van der Waals surface area (Å²) in [4.78, 5) is 13.7. The number of carbonyl (C=O) groups excluding carboxylic acids is 1. The van der Waals surface area contributed by atoms with E-state index in [1.54, 1.807) is 11.0 Å². The largest absolute Gasteiger partial charge is 0.338 e. The third-order valence-electron chi connectivity index (χ3n) is 2.35. The molecule has 0 heterocycles. The van der Waals surface area contributed by atoms with Crippen molar-refractivity contribution in [2.75, 3.05) is 13.1 Å². The van der Waals surface area contributed by atoms with Gasteiger partial charge in [-0.25, -0.2) is 0 Å². The first-order valence-corrected chi connectivity index (χ1v) is 5.73. The number of hydrogen-bond donors (Lipinski definition) is 0. The monoisotopic (exact) mass is 237 g/mol. The summed E-state index contributed by atoms with van der Waals surface area (Å²) in [5, 5.41) is -0.610. The first-order valence-electron chi connectivity index (χ1n) is 5.29. The van der Waals surface area contributed by atoms with Gasteiger partial charge in [0.2, 0.25) is 5.91 Å². The molecular weight excluding hydrogens is 222 g/mol. The van der Waals surface area contributed by atoms with Gasteiger partial charge in [0.05, 0.1) is 0 Å². The van der Waals surface area contributed by atoms with Crippen LogP contribution in [0.1, 0.15) is 17.9 Å². The Morgan fingerprint density at radius 1 is 1.50 bits per heavy atom. The molecule has 1 aromatic carbocycles. The molecule has 1 unspecified atom stereocenters. The lowest BCUT2D eigenvalue weighted by Gasteiger charge is -2.22. The maximum Gasteiger partial charge on any atom is 0.245 e. The van der Waals surface area contributed by atoms with Crippen molar-refractivity contribution in [2.45, 2.75) is 12.3 Å². The first kappa shape index (κ1) is 12.8. The number of nitrogens with zero attached hydrogens (tertiary/aromatic N) is 1. The van der Waals surface area contributed by atoms with Crippen molar-refractivity contribution in [2.24, 2.45) is 0 Å². The van der Waals surface area contributed by atoms with Gasteiger partial charge in [0.25, 0.3) is 0 Å². The third-order valence-corrected chi connectivity index (χ3v) is 2.79. The van der Waals surface area contributed by atoms with E-state index in [4.69, 9.17) is 11.6 Å². The van der Waals surface area contributed by atoms with E-state index in [-0.39, 0.29) is 5.91 Å². The molecule has 0 fully saturated rings. The van der Waals surface area contributed by atoms with Crippen LogP contribution in [0, 0.1) is 0 Å². The average molecular weight is 238 g/mol. The van der Waals surface area contributed by atoms with Crippen LogP contribution < -0.4 is 0 Å². The highest BCUT2D eigenvalue weighted by Crippen LogP contribution is 2.22. The van der Waals surface area contributed by atoms with Gasteiger partial charge in [0.15, 0.2) is 0 Å². The number of hydrogen-bond acceptors (Lipinski definition) is 1. The molecule has 1 atom stereocenters. The minimum absolute atomic E-state index is 0.0738. The molecule has 0 aliphatic heterocycles. The van der Waals surface area contributed by atoms with Gasteiger partial charge in [-0.2, -0.15) is 0 Å². The fourth-order valence-electron chi connectivity index (χ4n) is 1.46. The van der Waals surface area contributed by atoms with Crippen LogP contribution in [0.5, 0.6) is 0 Å². The van der Waals surface area contributed by atoms with Crippen molar-refractivity contribution in [1.82, 2.24) is 4.90 Å². The zero-order valence-electron chi connectivity index (χ0n) is 9.40. The second-order valence-electron chi connectivity index (χ2n) is 3.44. The summed E-state index contributed by atoms with van der Waals surface area (Å²) in [7, 11) is 0. The molecular formula is C13H16ClNO. The SMILES string of the molecule is C=CCN(CC)C(=O)C(Cl)c1ccccc1. The third kappa shape index (κ3) is 3.11. The molecule has 16 heavy (non-hydrogen) atoms. The molecule has 0 bridgehead atoms. The van der Waals surface area contributed by atoms with Crippen LogP contribution in [0.15, 0.2) is 43.0 Å². The lowest BCUT2D eigenvalue weighted by Crippen LogP contribution is -2.33. The zero-order valence-corrected chi connectivity index (χ0v) is 10.2. The van der Waals surface area contributed by atoms with Gasteiger partial charge in [-0.15, -0.1) is 18.2 Å². The first-order chi connectivity index (χ1) is 7.70. The molecule has 1 rings (SSSR count). The van der Waals surface area contributed by atoms with Crippen LogP contribution >= 0.6 is 11.6 Å². The Bertz CT molecular complexity index is 350. The Morgan fingerprint density at radius 2 is 2.12 bits per heavy atom. The van der Waals surface area contributed by atoms with Crippen LogP contribution in [0.3, 0.4) is 0 Å². The highest BCUT2D eigenvalue weighted by atomic mass is 35.5. The molecule has 0 aliphatic rings. The quantitative estimate of drug-likeness (QED) is 0.570. The molecule has 0 saturated heterocycles. The van der Waals surface area contributed by atoms with E-state index in [0.717, 1.165) is 5.56 Å². The van der Waals surface area contributed by atoms with Crippen LogP contribution in [-0.2, 0) is 4.79 Å². The number of rotatable bonds is 5. The van der Waals surface area contributed by atoms with Gasteiger partial charge in [-0.05, 0) is 12.5 Å². The van der Waals surface area contributed by atoms with Crippen molar-refractivity contribution in [1.29, 1.82) is 0 Å². The van der Waals surface area contributed by atoms with Gasteiger partial charge >= 0.3 is 0 Å². The minimum atomic E-state index is -0.610. The lowest BCUT2D eigenvalue weighted by molar-refractivity contribution is -0.130. The summed E-state index contributed by atoms with van der Waals surface area (Å²) >= 11 is 6.14. The molecule has 0 spiro atoms. The van der Waals surface area contributed by atoms with E-state index in [1.165, 1.54) is 0 Å². The maximum absolute atomic E-state index is 12.0. The molecule has 0 N–H and O–H groups in total. The summed E-state index contributed by atoms with van der Waals surface area (Å²) in [6.07, 6.45) is 1.70. The van der Waals surface area contributed by atoms with Crippen LogP contribution in [0.4, 0.5) is 0 Å². The van der Waals surface area contributed by atoms with E-state index >= 15 is 0 Å². The van der Waals surface area contributed by atoms with Gasteiger partial charge in [0.1, 0.15) is 5.38 Å². The number of likely N-dealkylation sites (N-methyl/N-ethyl adjacent to an activating group) is 1. The van der Waals surface area contributed by atoms with E-state index in [9.17, 15) is 4.79 Å². The highest BCUT2D eigenvalue weighted by molar-refractivity contribution is 6.30. The number of benzene rings is 1. The average Bonchev–Trinajstić information content (AvgIpc) is 2.35. The van der Waals surface area contributed by atoms with Crippen molar-refractivity contribution in [3.8, 4) is 0 Å². The molecule has 0 saturated carbocycles. The second kappa shape index (κ2) is 6.33. The summed E-state index contributed by atoms with van der Waals surface area (Å²) in [5.41, 5.74) is 0.830. The summed E-state index contributed by atoms with van der Waals surface area (Å²) in [6.45, 7) is 6.73. The lowest BCUT2D eigenvalue weighted by atomic mass is 10.1. The molecule has 0 aromatic heterocycles. The molecule has 1 amide bonds. The Hall–Kier alpha value is -1.28. The normalized spacial score (nSPS) is 11.9. The summed E-state index contributed by atoms with van der Waals surface area (Å²) in [5.74, 6) is -0.0738. The van der Waals surface area contributed by atoms with Gasteiger partial charge in [-0.1, -0.05) is 36.4 Å². The Balaban J connectivity index is 2.77. The van der Waals surface area contributed by atoms with E-state index in [1.807, 2.05) is 37.3 Å². The van der Waals surface area contributed by atoms with Gasteiger partial charge < -0.3 is 4.90 Å². The van der Waals surface area contributed by atoms with E-state index in [0.29, 0.717) is 13.1 Å². The minimum Gasteiger partial charge on any atom is -0.338 e. The summed E-state index contributed by atoms with van der Waals surface area (Å²) < 4.78 is 0. The second-order valence-corrected chi connectivity index (χ2v) is 3.88. The fourth-order valence-corrected chi connectivity index (χ4v) is 1.74. The summed E-state index contributed by atoms with van der Waals surface area (Å²) in [6, 6.07) is 9.37. The molecule has 0 radical (unpaired) electrons. The van der Waals surface area contributed by atoms with Crippen molar-refractivity contribution < 1.29 is 4.79 Å². The Labute approximate surface area is 102 Å². The molecule has 2 nitrogen and oxygen atoms in total. The van der Waals surface area contributed by atoms with Crippen molar-refractivity contribution >= 4 is 17.5 Å². The van der Waals surface area contributed by atoms with Gasteiger partial charge in [0, 0.05) is 13.1 Å². The van der Waals surface area contributed by atoms with Crippen LogP contribution in [-0.4, -0.2) is 23.9 Å². The predicted octanol–water partition coefficient (Wildman–Crippen LogP) is 3.00. The Morgan fingerprint density at radius 3 is 2.62 bits per heavy atom. The molecule has 1 aromatic rings. The predicted molar refractivity (Wildman–Crippen MR) is 67.5 cm³/mol. The smallest absolute Gasteiger partial charge is 0.245 e. The number of halogens is 1. The van der Waals surface area contributed by atoms with Crippen LogP contribution in [0.25, 0.3) is 0 Å². The standard InChI is InChI=1S/C13H16ClNO/c1-3-10-15(4-2)13(16)12(14)11-8-6-5-7-9-11/h3,5-9,12H,1,4,10H2,2H3. The highest BCUT2D eigenvalue weighted by Gasteiger charge is 2.21. The number of amides is 1. The molecule has 3 heteroatoms. The zero-order chi connectivity index (χ0) is 12.0. The Kier molecular flexibility index (Phi) is 5.06. The molecule has 86 valence electrons. The molecule has 0 aliphatic carbocycles. The van der Waals surface area contributed by atoms with Crippen LogP contribution in [0.2, 0.25) is 0 Å². The van der Waals surface area contributed by atoms with Crippen molar-refractivity contribution in [3.63, 3.8) is 0 Å². The van der Waals surface area contributed by atoms with Crippen molar-refractivity contribution in [3.05, 3.63) is 48.6 Å². The van der Waals surface area contributed by atoms with E-state index in [2.05, 4.69) is 6.58 Å².